The number of thiazole rings is 1. The van der Waals surface area contributed by atoms with Crippen molar-refractivity contribution < 1.29 is 0 Å². The maximum atomic E-state index is 14.0. The number of allylic oxidation sites excluding steroid dienone is 1. The number of hydrogen-bond donors (Lipinski definition) is 1. The van der Waals surface area contributed by atoms with E-state index in [0.29, 0.717) is 14.4 Å². The van der Waals surface area contributed by atoms with Crippen molar-refractivity contribution in [1.29, 1.82) is 0 Å². The van der Waals surface area contributed by atoms with E-state index in [2.05, 4.69) is 41.4 Å². The summed E-state index contributed by atoms with van der Waals surface area (Å²) in [4.78, 5) is 23.3. The maximum Gasteiger partial charge on any atom is 0.271 e. The first-order chi connectivity index (χ1) is 17.6. The van der Waals surface area contributed by atoms with Crippen LogP contribution in [0.4, 0.5) is 0 Å². The number of nitrogens with one attached hydrogen (secondary N) is 1. The van der Waals surface area contributed by atoms with Gasteiger partial charge < -0.3 is 4.98 Å². The highest BCUT2D eigenvalue weighted by molar-refractivity contribution is 7.07. The summed E-state index contributed by atoms with van der Waals surface area (Å²) in [5.41, 5.74) is 8.65. The fourth-order valence-electron chi connectivity index (χ4n) is 5.61. The highest BCUT2D eigenvalue weighted by Gasteiger charge is 2.33. The summed E-state index contributed by atoms with van der Waals surface area (Å²) >= 11 is 8.19. The second kappa shape index (κ2) is 8.19. The van der Waals surface area contributed by atoms with E-state index in [4.69, 9.17) is 16.6 Å². The number of fused-ring (bicyclic) bond motifs is 4. The first-order valence-electron chi connectivity index (χ1n) is 12.0. The van der Waals surface area contributed by atoms with E-state index in [0.717, 1.165) is 57.4 Å². The topological polar surface area (TPSA) is 50.1 Å². The van der Waals surface area contributed by atoms with Gasteiger partial charge in [0, 0.05) is 32.7 Å². The normalized spacial score (nSPS) is 17.1. The molecule has 36 heavy (non-hydrogen) atoms. The minimum atomic E-state index is -0.274. The molecule has 3 heterocycles. The third kappa shape index (κ3) is 3.20. The molecular formula is C30H22ClN3OS. The van der Waals surface area contributed by atoms with E-state index in [1.807, 2.05) is 54.0 Å². The molecule has 1 N–H and O–H groups in total. The molecule has 0 fully saturated rings. The second-order valence-corrected chi connectivity index (χ2v) is 10.8. The van der Waals surface area contributed by atoms with E-state index < -0.39 is 0 Å². The van der Waals surface area contributed by atoms with Crippen molar-refractivity contribution in [1.82, 2.24) is 9.55 Å². The van der Waals surface area contributed by atoms with Crippen molar-refractivity contribution in [3.05, 3.63) is 131 Å². The quantitative estimate of drug-likeness (QED) is 0.324. The summed E-state index contributed by atoms with van der Waals surface area (Å²) < 4.78 is 2.53. The minimum Gasteiger partial charge on any atom is -0.358 e. The Bertz CT molecular complexity index is 1910. The molecule has 4 nitrogen and oxygen atoms in total. The molecule has 0 bridgehead atoms. The van der Waals surface area contributed by atoms with Crippen LogP contribution in [-0.2, 0) is 6.42 Å². The number of H-pyrrole nitrogens is 1. The lowest BCUT2D eigenvalue weighted by molar-refractivity contribution is 0.585. The van der Waals surface area contributed by atoms with Gasteiger partial charge in [0.15, 0.2) is 4.80 Å². The number of rotatable bonds is 2. The van der Waals surface area contributed by atoms with Gasteiger partial charge in [0.2, 0.25) is 0 Å². The summed E-state index contributed by atoms with van der Waals surface area (Å²) in [5, 5.41) is 1.77. The molecule has 0 amide bonds. The molecule has 5 aromatic rings. The lowest BCUT2D eigenvalue weighted by atomic mass is 9.83. The van der Waals surface area contributed by atoms with Crippen molar-refractivity contribution in [2.45, 2.75) is 25.8 Å². The molecule has 1 unspecified atom stereocenters. The number of aromatic amines is 1. The lowest BCUT2D eigenvalue weighted by Gasteiger charge is -2.31. The Morgan fingerprint density at radius 3 is 2.69 bits per heavy atom. The van der Waals surface area contributed by atoms with Crippen molar-refractivity contribution in [3.63, 3.8) is 0 Å². The zero-order valence-corrected chi connectivity index (χ0v) is 21.2. The summed E-state index contributed by atoms with van der Waals surface area (Å²) in [6, 6.07) is 24.2. The highest BCUT2D eigenvalue weighted by Crippen LogP contribution is 2.42. The molecule has 3 aromatic carbocycles. The summed E-state index contributed by atoms with van der Waals surface area (Å²) in [5.74, 6) is 0. The van der Waals surface area contributed by atoms with Crippen LogP contribution in [-0.4, -0.2) is 9.55 Å². The zero-order chi connectivity index (χ0) is 24.4. The van der Waals surface area contributed by atoms with Gasteiger partial charge in [-0.1, -0.05) is 83.6 Å². The SMILES string of the molecule is Cc1[nH]c2ccccc2c1/C=c1\sc2n(c1=O)C(c1ccccc1Cl)C1=C(N=2)c2ccccc2CC1. The van der Waals surface area contributed by atoms with E-state index in [1.54, 1.807) is 0 Å². The smallest absolute Gasteiger partial charge is 0.271 e. The molecular weight excluding hydrogens is 486 g/mol. The number of para-hydroxylation sites is 1. The molecule has 0 spiro atoms. The molecule has 0 saturated heterocycles. The Morgan fingerprint density at radius 2 is 1.81 bits per heavy atom. The average molecular weight is 508 g/mol. The Balaban J connectivity index is 1.53. The largest absolute Gasteiger partial charge is 0.358 e. The van der Waals surface area contributed by atoms with Crippen LogP contribution in [0.2, 0.25) is 5.02 Å². The van der Waals surface area contributed by atoms with E-state index in [9.17, 15) is 4.79 Å². The number of hydrogen-bond acceptors (Lipinski definition) is 3. The van der Waals surface area contributed by atoms with Crippen molar-refractivity contribution in [2.24, 2.45) is 4.99 Å². The molecule has 1 aliphatic heterocycles. The predicted octanol–water partition coefficient (Wildman–Crippen LogP) is 5.76. The van der Waals surface area contributed by atoms with Gasteiger partial charge in [-0.2, -0.15) is 0 Å². The Kier molecular flexibility index (Phi) is 4.91. The second-order valence-electron chi connectivity index (χ2n) is 9.34. The van der Waals surface area contributed by atoms with Crippen LogP contribution in [0.5, 0.6) is 0 Å². The number of aromatic nitrogens is 2. The van der Waals surface area contributed by atoms with Crippen LogP contribution in [0.25, 0.3) is 22.7 Å². The minimum absolute atomic E-state index is 0.0289. The number of benzene rings is 3. The lowest BCUT2D eigenvalue weighted by Crippen LogP contribution is -2.38. The van der Waals surface area contributed by atoms with Gasteiger partial charge >= 0.3 is 0 Å². The molecule has 0 radical (unpaired) electrons. The van der Waals surface area contributed by atoms with Crippen molar-refractivity contribution in [3.8, 4) is 0 Å². The Hall–Kier alpha value is -3.67. The highest BCUT2D eigenvalue weighted by atomic mass is 35.5. The summed E-state index contributed by atoms with van der Waals surface area (Å²) in [6.07, 6.45) is 3.78. The fraction of sp³-hybridized carbons (Fsp3) is 0.133. The molecule has 1 atom stereocenters. The van der Waals surface area contributed by atoms with Crippen LogP contribution >= 0.6 is 22.9 Å². The Labute approximate surface area is 216 Å². The third-order valence-corrected chi connectivity index (χ3v) is 8.62. The fourth-order valence-corrected chi connectivity index (χ4v) is 6.83. The van der Waals surface area contributed by atoms with Crippen LogP contribution in [0, 0.1) is 6.92 Å². The zero-order valence-electron chi connectivity index (χ0n) is 19.6. The summed E-state index contributed by atoms with van der Waals surface area (Å²) in [6.45, 7) is 2.05. The van der Waals surface area contributed by atoms with E-state index >= 15 is 0 Å². The van der Waals surface area contributed by atoms with Crippen LogP contribution in [0.1, 0.15) is 40.4 Å². The summed E-state index contributed by atoms with van der Waals surface area (Å²) in [7, 11) is 0. The molecule has 2 aromatic heterocycles. The molecule has 1 aliphatic carbocycles. The Morgan fingerprint density at radius 1 is 1.03 bits per heavy atom. The first-order valence-corrected chi connectivity index (χ1v) is 13.2. The van der Waals surface area contributed by atoms with Gasteiger partial charge in [0.25, 0.3) is 5.56 Å². The molecule has 0 saturated carbocycles. The number of halogens is 1. The first kappa shape index (κ1) is 21.6. The van der Waals surface area contributed by atoms with Crippen molar-refractivity contribution >= 4 is 45.6 Å². The van der Waals surface area contributed by atoms with E-state index in [-0.39, 0.29) is 11.6 Å². The third-order valence-electron chi connectivity index (χ3n) is 7.29. The molecule has 176 valence electrons. The van der Waals surface area contributed by atoms with Gasteiger partial charge in [-0.3, -0.25) is 9.36 Å². The van der Waals surface area contributed by atoms with Gasteiger partial charge in [-0.15, -0.1) is 0 Å². The van der Waals surface area contributed by atoms with Crippen LogP contribution in [0.15, 0.2) is 88.2 Å². The molecule has 6 heteroatoms. The monoisotopic (exact) mass is 507 g/mol. The predicted molar refractivity (Wildman–Crippen MR) is 147 cm³/mol. The van der Waals surface area contributed by atoms with Crippen LogP contribution < -0.4 is 14.9 Å². The average Bonchev–Trinajstić information content (AvgIpc) is 3.39. The van der Waals surface area contributed by atoms with Gasteiger partial charge in [-0.25, -0.2) is 4.99 Å². The molecule has 2 aliphatic rings. The number of aryl methyl sites for hydroxylation is 2. The van der Waals surface area contributed by atoms with Gasteiger partial charge in [0.05, 0.1) is 16.3 Å². The standard InChI is InChI=1S/C30H22ClN3OS/c1-17-23(20-10-5-7-13-25(20)32-17)16-26-29(35)34-28(21-11-4-6-12-24(21)31)22-15-14-18-8-2-3-9-19(18)27(22)33-30(34)36-26/h2-13,16,28,32H,14-15H2,1H3/b26-16-. The number of nitrogens with zero attached hydrogens (tertiary/aromatic N) is 2. The van der Waals surface area contributed by atoms with E-state index in [1.165, 1.54) is 16.9 Å². The van der Waals surface area contributed by atoms with Crippen LogP contribution in [0.3, 0.4) is 0 Å². The van der Waals surface area contributed by atoms with Gasteiger partial charge in [-0.05, 0) is 54.7 Å². The molecule has 7 rings (SSSR count). The van der Waals surface area contributed by atoms with Gasteiger partial charge in [0.1, 0.15) is 0 Å². The maximum absolute atomic E-state index is 14.0. The van der Waals surface area contributed by atoms with Crippen molar-refractivity contribution in [2.75, 3.05) is 0 Å².